The van der Waals surface area contributed by atoms with E-state index in [1.807, 2.05) is 17.0 Å². The third-order valence-corrected chi connectivity index (χ3v) is 5.07. The number of hydrogen-bond donors (Lipinski definition) is 4. The summed E-state index contributed by atoms with van der Waals surface area (Å²) < 4.78 is 29.9. The van der Waals surface area contributed by atoms with Gasteiger partial charge in [-0.15, -0.1) is 8.78 Å². The van der Waals surface area contributed by atoms with Gasteiger partial charge in [-0.3, -0.25) is 5.10 Å². The molecule has 0 amide bonds. The molecule has 3 heterocycles. The molecule has 1 fully saturated rings. The monoisotopic (exact) mass is 462 g/mol. The van der Waals surface area contributed by atoms with Gasteiger partial charge in [-0.2, -0.15) is 5.10 Å². The van der Waals surface area contributed by atoms with Gasteiger partial charge in [0.25, 0.3) is 0 Å². The van der Waals surface area contributed by atoms with Crippen molar-refractivity contribution in [2.45, 2.75) is 18.1 Å². The number of pyridine rings is 1. The summed E-state index contributed by atoms with van der Waals surface area (Å²) in [5, 5.41) is 20.0. The van der Waals surface area contributed by atoms with Gasteiger partial charge in [0.15, 0.2) is 0 Å². The number of β-amino-alcohol motifs (C(OH)–C–C–N with tert-alkyl or cyclic N) is 1. The summed E-state index contributed by atoms with van der Waals surface area (Å²) in [5.74, 6) is 0.813. The minimum Gasteiger partial charge on any atom is -0.420 e. The Morgan fingerprint density at radius 2 is 2.09 bits per heavy atom. The lowest BCUT2D eigenvalue weighted by Crippen LogP contribution is -2.23. The van der Waals surface area contributed by atoms with E-state index in [4.69, 9.17) is 17.3 Å². The Morgan fingerprint density at radius 3 is 2.69 bits per heavy atom. The van der Waals surface area contributed by atoms with E-state index < -0.39 is 11.7 Å². The van der Waals surface area contributed by atoms with Crippen LogP contribution in [-0.2, 0) is 0 Å². The highest BCUT2D eigenvalue weighted by Gasteiger charge is 2.28. The molecule has 32 heavy (non-hydrogen) atoms. The maximum atomic E-state index is 12.8. The van der Waals surface area contributed by atoms with E-state index in [1.54, 1.807) is 18.3 Å². The van der Waals surface area contributed by atoms with E-state index in [9.17, 15) is 13.9 Å². The summed E-state index contributed by atoms with van der Waals surface area (Å²) in [6, 6.07) is 9.45. The van der Waals surface area contributed by atoms with Crippen molar-refractivity contribution in [1.82, 2.24) is 15.2 Å². The van der Waals surface area contributed by atoms with Gasteiger partial charge < -0.3 is 25.8 Å². The number of alkyl halides is 3. The Labute approximate surface area is 187 Å². The van der Waals surface area contributed by atoms with Gasteiger partial charge in [0.1, 0.15) is 17.4 Å². The van der Waals surface area contributed by atoms with Gasteiger partial charge in [0.05, 0.1) is 11.8 Å². The molecule has 4 rings (SSSR count). The molecular weight excluding hydrogens is 442 g/mol. The van der Waals surface area contributed by atoms with Crippen molar-refractivity contribution in [3.63, 3.8) is 0 Å². The Bertz CT molecular complexity index is 1100. The van der Waals surface area contributed by atoms with Crippen LogP contribution >= 0.6 is 11.6 Å². The molecule has 8 nitrogen and oxygen atoms in total. The first-order valence-electron chi connectivity index (χ1n) is 9.75. The largest absolute Gasteiger partial charge is 0.487 e. The normalized spacial score (nSPS) is 16.2. The number of nitrogens with one attached hydrogen (secondary N) is 2. The summed E-state index contributed by atoms with van der Waals surface area (Å²) >= 11 is 4.78. The van der Waals surface area contributed by atoms with Crippen molar-refractivity contribution in [2.75, 3.05) is 29.0 Å². The van der Waals surface area contributed by atoms with Gasteiger partial charge in [-0.25, -0.2) is 4.98 Å². The number of halogens is 3. The molecule has 1 aliphatic heterocycles. The fourth-order valence-corrected chi connectivity index (χ4v) is 3.61. The van der Waals surface area contributed by atoms with Gasteiger partial charge >= 0.3 is 5.57 Å². The van der Waals surface area contributed by atoms with Crippen molar-refractivity contribution in [3.8, 4) is 17.0 Å². The summed E-state index contributed by atoms with van der Waals surface area (Å²) in [4.78, 5) is 6.56. The molecule has 1 atom stereocenters. The Kier molecular flexibility index (Phi) is 5.90. The van der Waals surface area contributed by atoms with E-state index in [2.05, 4.69) is 31.8 Å². The van der Waals surface area contributed by atoms with Crippen LogP contribution in [0.3, 0.4) is 0 Å². The van der Waals surface area contributed by atoms with Crippen molar-refractivity contribution in [1.29, 1.82) is 0 Å². The average Bonchev–Trinajstić information content (AvgIpc) is 3.40. The number of nitrogens with two attached hydrogens (primary N) is 1. The van der Waals surface area contributed by atoms with E-state index >= 15 is 0 Å². The Hall–Kier alpha value is -3.37. The highest BCUT2D eigenvalue weighted by atomic mass is 35.5. The maximum Gasteiger partial charge on any atom is 0.487 e. The van der Waals surface area contributed by atoms with Crippen LogP contribution in [-0.4, -0.2) is 45.0 Å². The van der Waals surface area contributed by atoms with Gasteiger partial charge in [0, 0.05) is 53.4 Å². The quantitative estimate of drug-likeness (QED) is 0.394. The summed E-state index contributed by atoms with van der Waals surface area (Å²) in [6.07, 6.45) is 1.86. The summed E-state index contributed by atoms with van der Waals surface area (Å²) in [7, 11) is 0. The number of aromatic amines is 1. The molecule has 11 heteroatoms. The van der Waals surface area contributed by atoms with Crippen LogP contribution in [0.5, 0.6) is 5.75 Å². The van der Waals surface area contributed by atoms with Gasteiger partial charge in [-0.1, -0.05) is 6.58 Å². The fraction of sp³-hybridized carbons (Fsp3) is 0.238. The number of nitrogen functional groups attached to an aromatic ring is 1. The van der Waals surface area contributed by atoms with E-state index in [0.717, 1.165) is 11.3 Å². The molecule has 0 spiro atoms. The number of nitrogens with zero attached hydrogens (tertiary/aromatic N) is 3. The second-order valence-corrected chi connectivity index (χ2v) is 7.77. The molecule has 2 aromatic heterocycles. The van der Waals surface area contributed by atoms with Crippen LogP contribution in [0.4, 0.5) is 26.1 Å². The van der Waals surface area contributed by atoms with Crippen molar-refractivity contribution >= 4 is 34.6 Å². The molecular formula is C21H21ClF2N6O2. The van der Waals surface area contributed by atoms with Crippen molar-refractivity contribution in [2.24, 2.45) is 0 Å². The first-order valence-corrected chi connectivity index (χ1v) is 10.1. The molecule has 1 aromatic carbocycles. The zero-order valence-electron chi connectivity index (χ0n) is 16.9. The van der Waals surface area contributed by atoms with Crippen LogP contribution in [0, 0.1) is 0 Å². The van der Waals surface area contributed by atoms with E-state index in [-0.39, 0.29) is 11.6 Å². The minimum absolute atomic E-state index is 0.0824. The van der Waals surface area contributed by atoms with Crippen molar-refractivity contribution in [3.05, 3.63) is 54.7 Å². The topological polar surface area (TPSA) is 112 Å². The van der Waals surface area contributed by atoms with Crippen LogP contribution in [0.25, 0.3) is 17.0 Å². The molecule has 0 unspecified atom stereocenters. The van der Waals surface area contributed by atoms with E-state index in [0.29, 0.717) is 42.3 Å². The number of benzene rings is 1. The molecule has 168 valence electrons. The maximum absolute atomic E-state index is 12.8. The highest BCUT2D eigenvalue weighted by molar-refractivity contribution is 6.20. The van der Waals surface area contributed by atoms with Crippen LogP contribution in [0.1, 0.15) is 12.0 Å². The standard InChI is InChI=1S/C21H21ClF2N6O2/c1-12(27-13-2-4-15(5-3-13)32-21(22,23)24)16-10-17(18-6-8-26-29-18)20(28-19(16)25)30-9-7-14(31)11-30/h2-6,8,10,14,27,31H,1,7,9,11H2,(H2,25,28)(H,26,29)/t14-/m1/s1. The minimum atomic E-state index is -3.78. The van der Waals surface area contributed by atoms with Crippen LogP contribution < -0.4 is 20.7 Å². The Morgan fingerprint density at radius 1 is 1.34 bits per heavy atom. The zero-order valence-corrected chi connectivity index (χ0v) is 17.6. The van der Waals surface area contributed by atoms with Crippen LogP contribution in [0.15, 0.2) is 49.2 Å². The molecule has 0 saturated carbocycles. The molecule has 1 saturated heterocycles. The molecule has 5 N–H and O–H groups in total. The first-order chi connectivity index (χ1) is 15.2. The number of aliphatic hydroxyl groups is 1. The van der Waals surface area contributed by atoms with Gasteiger partial charge in [-0.05, 0) is 42.8 Å². The Balaban J connectivity index is 1.60. The number of hydrogen-bond acceptors (Lipinski definition) is 7. The zero-order chi connectivity index (χ0) is 22.9. The lowest BCUT2D eigenvalue weighted by molar-refractivity contribution is -0.0964. The number of anilines is 3. The third kappa shape index (κ3) is 4.92. The highest BCUT2D eigenvalue weighted by Crippen LogP contribution is 2.35. The molecule has 0 radical (unpaired) electrons. The third-order valence-electron chi connectivity index (χ3n) is 4.99. The predicted octanol–water partition coefficient (Wildman–Crippen LogP) is 3.88. The molecule has 0 bridgehead atoms. The average molecular weight is 463 g/mol. The fourth-order valence-electron chi connectivity index (χ4n) is 3.52. The molecule has 3 aromatic rings. The number of aromatic nitrogens is 3. The molecule has 0 aliphatic carbocycles. The van der Waals surface area contributed by atoms with E-state index in [1.165, 1.54) is 12.1 Å². The van der Waals surface area contributed by atoms with Gasteiger partial charge in [0.2, 0.25) is 0 Å². The number of aliphatic hydroxyl groups excluding tert-OH is 1. The molecule has 1 aliphatic rings. The van der Waals surface area contributed by atoms with Crippen LogP contribution in [0.2, 0.25) is 0 Å². The number of H-pyrrole nitrogens is 1. The smallest absolute Gasteiger partial charge is 0.420 e. The summed E-state index contributed by atoms with van der Waals surface area (Å²) in [5.41, 5.74) is 5.57. The lowest BCUT2D eigenvalue weighted by atomic mass is 10.1. The second kappa shape index (κ2) is 8.64. The lowest BCUT2D eigenvalue weighted by Gasteiger charge is -2.22. The predicted molar refractivity (Wildman–Crippen MR) is 120 cm³/mol. The summed E-state index contributed by atoms with van der Waals surface area (Å²) in [6.45, 7) is 5.16. The SMILES string of the molecule is C=C(Nc1ccc(OC(F)(F)Cl)cc1)c1cc(-c2ccn[nH]2)c(N2CC[C@@H](O)C2)nc1N. The second-order valence-electron chi connectivity index (χ2n) is 7.33. The first kappa shape index (κ1) is 21.8. The van der Waals surface area contributed by atoms with Crippen molar-refractivity contribution < 1.29 is 18.6 Å². The number of rotatable bonds is 7. The number of ether oxygens (including phenoxy) is 1.